The molecule has 0 aliphatic carbocycles. The Balaban J connectivity index is 1.65. The Bertz CT molecular complexity index is 543. The van der Waals surface area contributed by atoms with Crippen LogP contribution in [0.15, 0.2) is 24.3 Å². The zero-order valence-electron chi connectivity index (χ0n) is 10.3. The number of nitrogens with zero attached hydrogens (tertiary/aromatic N) is 1. The van der Waals surface area contributed by atoms with Gasteiger partial charge in [0.1, 0.15) is 6.04 Å². The molecule has 19 heavy (non-hydrogen) atoms. The molecule has 1 N–H and O–H groups in total. The van der Waals surface area contributed by atoms with Crippen LogP contribution in [0.1, 0.15) is 36.1 Å². The average Bonchev–Trinajstić information content (AvgIpc) is 3.11. The maximum atomic E-state index is 12.6. The number of hydrogen-bond acceptors (Lipinski definition) is 3. The molecule has 2 amide bonds. The SMILES string of the molecule is O=C1NC(C(=O)N2C3CCC2c2ccccc23)CS1. The van der Waals surface area contributed by atoms with E-state index in [0.29, 0.717) is 5.75 Å². The van der Waals surface area contributed by atoms with Crippen LogP contribution in [0.5, 0.6) is 0 Å². The number of rotatable bonds is 1. The van der Waals surface area contributed by atoms with Crippen molar-refractivity contribution in [1.29, 1.82) is 0 Å². The van der Waals surface area contributed by atoms with E-state index in [-0.39, 0.29) is 29.3 Å². The molecular formula is C14H14N2O2S. The second-order valence-corrected chi connectivity index (χ2v) is 6.27. The Morgan fingerprint density at radius 3 is 2.37 bits per heavy atom. The number of fused-ring (bicyclic) bond motifs is 5. The molecule has 1 aromatic carbocycles. The maximum absolute atomic E-state index is 12.6. The molecule has 2 fully saturated rings. The van der Waals surface area contributed by atoms with Crippen LogP contribution >= 0.6 is 11.8 Å². The van der Waals surface area contributed by atoms with Gasteiger partial charge in [-0.2, -0.15) is 0 Å². The number of carbonyl (C=O) groups is 2. The third-order valence-electron chi connectivity index (χ3n) is 4.32. The second-order valence-electron chi connectivity index (χ2n) is 5.28. The molecule has 0 saturated carbocycles. The molecule has 3 aliphatic heterocycles. The smallest absolute Gasteiger partial charge is 0.279 e. The van der Waals surface area contributed by atoms with E-state index >= 15 is 0 Å². The molecule has 0 aromatic heterocycles. The minimum Gasteiger partial charge on any atom is -0.334 e. The van der Waals surface area contributed by atoms with E-state index in [1.807, 2.05) is 17.0 Å². The first kappa shape index (κ1) is 11.3. The van der Waals surface area contributed by atoms with E-state index < -0.39 is 0 Å². The predicted octanol–water partition coefficient (Wildman–Crippen LogP) is 2.23. The first-order valence-electron chi connectivity index (χ1n) is 6.60. The Labute approximate surface area is 115 Å². The van der Waals surface area contributed by atoms with Crippen molar-refractivity contribution in [2.45, 2.75) is 31.0 Å². The number of amides is 2. The summed E-state index contributed by atoms with van der Waals surface area (Å²) in [5.74, 6) is 0.645. The van der Waals surface area contributed by atoms with Crippen molar-refractivity contribution in [3.8, 4) is 0 Å². The van der Waals surface area contributed by atoms with Crippen molar-refractivity contribution in [2.24, 2.45) is 0 Å². The van der Waals surface area contributed by atoms with Crippen molar-refractivity contribution in [2.75, 3.05) is 5.75 Å². The molecule has 2 saturated heterocycles. The van der Waals surface area contributed by atoms with Crippen molar-refractivity contribution >= 4 is 22.9 Å². The lowest BCUT2D eigenvalue weighted by molar-refractivity contribution is -0.134. The molecule has 2 bridgehead atoms. The van der Waals surface area contributed by atoms with Gasteiger partial charge in [-0.05, 0) is 24.0 Å². The fourth-order valence-electron chi connectivity index (χ4n) is 3.54. The van der Waals surface area contributed by atoms with Crippen LogP contribution in [-0.4, -0.2) is 27.8 Å². The van der Waals surface area contributed by atoms with Crippen molar-refractivity contribution < 1.29 is 9.59 Å². The largest absolute Gasteiger partial charge is 0.334 e. The van der Waals surface area contributed by atoms with Crippen LogP contribution in [-0.2, 0) is 4.79 Å². The quantitative estimate of drug-likeness (QED) is 0.854. The topological polar surface area (TPSA) is 49.4 Å². The van der Waals surface area contributed by atoms with Gasteiger partial charge in [-0.25, -0.2) is 0 Å². The van der Waals surface area contributed by atoms with Crippen molar-refractivity contribution in [3.05, 3.63) is 35.4 Å². The number of hydrogen-bond donors (Lipinski definition) is 1. The number of thioether (sulfide) groups is 1. The monoisotopic (exact) mass is 274 g/mol. The van der Waals surface area contributed by atoms with E-state index in [1.54, 1.807) is 0 Å². The maximum Gasteiger partial charge on any atom is 0.279 e. The standard InChI is InChI=1S/C14H14N2O2S/c17-13(10-7-19-14(18)15-10)16-11-5-6-12(16)9-4-2-1-3-8(9)11/h1-4,10-12H,5-7H2,(H,15,18). The summed E-state index contributed by atoms with van der Waals surface area (Å²) >= 11 is 1.20. The van der Waals surface area contributed by atoms with Gasteiger partial charge < -0.3 is 10.2 Å². The second kappa shape index (κ2) is 4.00. The van der Waals surface area contributed by atoms with E-state index in [9.17, 15) is 9.59 Å². The number of nitrogens with one attached hydrogen (secondary N) is 1. The first-order valence-corrected chi connectivity index (χ1v) is 7.58. The van der Waals surface area contributed by atoms with Gasteiger partial charge in [0.05, 0.1) is 12.1 Å². The Morgan fingerprint density at radius 2 is 1.84 bits per heavy atom. The summed E-state index contributed by atoms with van der Waals surface area (Å²) in [6.45, 7) is 0. The molecular weight excluding hydrogens is 260 g/mol. The molecule has 98 valence electrons. The molecule has 4 rings (SSSR count). The number of benzene rings is 1. The summed E-state index contributed by atoms with van der Waals surface area (Å²) in [4.78, 5) is 25.9. The molecule has 3 atom stereocenters. The summed E-state index contributed by atoms with van der Waals surface area (Å²) < 4.78 is 0. The minimum atomic E-state index is -0.338. The highest BCUT2D eigenvalue weighted by atomic mass is 32.2. The van der Waals surface area contributed by atoms with Gasteiger partial charge in [0.15, 0.2) is 0 Å². The molecule has 3 unspecified atom stereocenters. The average molecular weight is 274 g/mol. The molecule has 0 spiro atoms. The zero-order valence-corrected chi connectivity index (χ0v) is 11.2. The van der Waals surface area contributed by atoms with Gasteiger partial charge in [-0.3, -0.25) is 9.59 Å². The molecule has 5 heteroatoms. The molecule has 3 aliphatic rings. The van der Waals surface area contributed by atoms with Gasteiger partial charge in [0, 0.05) is 5.75 Å². The van der Waals surface area contributed by atoms with Crippen molar-refractivity contribution in [3.63, 3.8) is 0 Å². The van der Waals surface area contributed by atoms with Gasteiger partial charge >= 0.3 is 0 Å². The summed E-state index contributed by atoms with van der Waals surface area (Å²) in [6, 6.07) is 8.43. The fourth-order valence-corrected chi connectivity index (χ4v) is 4.31. The molecule has 0 radical (unpaired) electrons. The van der Waals surface area contributed by atoms with Crippen LogP contribution in [0.4, 0.5) is 4.79 Å². The zero-order chi connectivity index (χ0) is 13.0. The lowest BCUT2D eigenvalue weighted by Gasteiger charge is -2.25. The van der Waals surface area contributed by atoms with Gasteiger partial charge in [0.2, 0.25) is 5.91 Å². The molecule has 1 aromatic rings. The minimum absolute atomic E-state index is 0.0811. The van der Waals surface area contributed by atoms with Gasteiger partial charge in [0.25, 0.3) is 5.24 Å². The third-order valence-corrected chi connectivity index (χ3v) is 5.20. The summed E-state index contributed by atoms with van der Waals surface area (Å²) in [5, 5.41) is 2.68. The van der Waals surface area contributed by atoms with Gasteiger partial charge in [-0.1, -0.05) is 36.0 Å². The number of carbonyl (C=O) groups excluding carboxylic acids is 2. The lowest BCUT2D eigenvalue weighted by Crippen LogP contribution is -2.44. The highest BCUT2D eigenvalue weighted by molar-refractivity contribution is 8.14. The van der Waals surface area contributed by atoms with Crippen LogP contribution < -0.4 is 5.32 Å². The molecule has 3 heterocycles. The summed E-state index contributed by atoms with van der Waals surface area (Å²) in [5.41, 5.74) is 2.59. The van der Waals surface area contributed by atoms with E-state index in [4.69, 9.17) is 0 Å². The van der Waals surface area contributed by atoms with E-state index in [0.717, 1.165) is 12.8 Å². The summed E-state index contributed by atoms with van der Waals surface area (Å²) in [6.07, 6.45) is 2.09. The van der Waals surface area contributed by atoms with Crippen molar-refractivity contribution in [1.82, 2.24) is 10.2 Å². The Kier molecular flexibility index (Phi) is 2.39. The highest BCUT2D eigenvalue weighted by Gasteiger charge is 2.48. The predicted molar refractivity (Wildman–Crippen MR) is 72.8 cm³/mol. The van der Waals surface area contributed by atoms with E-state index in [2.05, 4.69) is 17.4 Å². The normalized spacial score (nSPS) is 31.5. The Hall–Kier alpha value is -1.49. The van der Waals surface area contributed by atoms with E-state index in [1.165, 1.54) is 22.9 Å². The van der Waals surface area contributed by atoms with Crippen LogP contribution in [0.3, 0.4) is 0 Å². The Morgan fingerprint density at radius 1 is 1.21 bits per heavy atom. The third kappa shape index (κ3) is 1.54. The highest BCUT2D eigenvalue weighted by Crippen LogP contribution is 2.53. The summed E-state index contributed by atoms with van der Waals surface area (Å²) in [7, 11) is 0. The van der Waals surface area contributed by atoms with Crippen LogP contribution in [0.25, 0.3) is 0 Å². The van der Waals surface area contributed by atoms with Crippen LogP contribution in [0.2, 0.25) is 0 Å². The van der Waals surface area contributed by atoms with Crippen LogP contribution in [0, 0.1) is 0 Å². The first-order chi connectivity index (χ1) is 9.25. The lowest BCUT2D eigenvalue weighted by atomic mass is 9.92. The fraction of sp³-hybridized carbons (Fsp3) is 0.429. The van der Waals surface area contributed by atoms with Gasteiger partial charge in [-0.15, -0.1) is 0 Å². The molecule has 4 nitrogen and oxygen atoms in total.